The molecule has 32 heavy (non-hydrogen) atoms. The number of benzene rings is 2. The molecule has 2 heterocycles. The van der Waals surface area contributed by atoms with E-state index in [1.807, 2.05) is 48.7 Å². The number of ether oxygens (including phenoxy) is 1. The number of carbonyl (C=O) groups is 1. The number of aromatic nitrogens is 3. The van der Waals surface area contributed by atoms with E-state index in [4.69, 9.17) is 4.74 Å². The second kappa shape index (κ2) is 8.85. The molecule has 0 radical (unpaired) electrons. The van der Waals surface area contributed by atoms with Crippen molar-refractivity contribution in [1.29, 1.82) is 0 Å². The Morgan fingerprint density at radius 1 is 0.969 bits per heavy atom. The van der Waals surface area contributed by atoms with Gasteiger partial charge in [-0.2, -0.15) is 0 Å². The van der Waals surface area contributed by atoms with Crippen molar-refractivity contribution >= 4 is 28.3 Å². The maximum atomic E-state index is 13.5. The van der Waals surface area contributed by atoms with Crippen LogP contribution >= 0.6 is 11.3 Å². The molecule has 1 aliphatic rings. The molecule has 2 aromatic heterocycles. The zero-order valence-corrected chi connectivity index (χ0v) is 18.4. The average Bonchev–Trinajstić information content (AvgIpc) is 3.38. The molecule has 0 fully saturated rings. The van der Waals surface area contributed by atoms with E-state index in [0.29, 0.717) is 29.1 Å². The van der Waals surface area contributed by atoms with E-state index >= 15 is 0 Å². The summed E-state index contributed by atoms with van der Waals surface area (Å²) >= 11 is 1.54. The molecule has 158 valence electrons. The SMILES string of the molecule is Cc1csc(C2=C(c3cncnc3)C(=O)c3cc(OCCCc4ccccc4)ccc32)n1. The van der Waals surface area contributed by atoms with E-state index in [-0.39, 0.29) is 5.78 Å². The van der Waals surface area contributed by atoms with E-state index in [1.54, 1.807) is 12.4 Å². The molecule has 0 spiro atoms. The Morgan fingerprint density at radius 3 is 2.53 bits per heavy atom. The topological polar surface area (TPSA) is 65.0 Å². The number of allylic oxidation sites excluding steroid dienone is 1. The van der Waals surface area contributed by atoms with Gasteiger partial charge in [0, 0.05) is 45.7 Å². The van der Waals surface area contributed by atoms with Crippen molar-refractivity contribution in [3.63, 3.8) is 0 Å². The average molecular weight is 440 g/mol. The van der Waals surface area contributed by atoms with Crippen LogP contribution in [0.5, 0.6) is 5.75 Å². The van der Waals surface area contributed by atoms with Crippen LogP contribution in [0.15, 0.2) is 72.6 Å². The van der Waals surface area contributed by atoms with Crippen LogP contribution in [-0.2, 0) is 6.42 Å². The molecule has 0 unspecified atom stereocenters. The lowest BCUT2D eigenvalue weighted by molar-refractivity contribution is 0.105. The van der Waals surface area contributed by atoms with Crippen molar-refractivity contribution in [3.05, 3.63) is 106 Å². The summed E-state index contributed by atoms with van der Waals surface area (Å²) in [6, 6.07) is 16.1. The number of carbonyl (C=O) groups excluding carboxylic acids is 1. The highest BCUT2D eigenvalue weighted by atomic mass is 32.1. The van der Waals surface area contributed by atoms with Gasteiger partial charge in [-0.3, -0.25) is 4.79 Å². The molecule has 0 amide bonds. The number of hydrogen-bond acceptors (Lipinski definition) is 6. The number of Topliss-reactive ketones (excluding diaryl/α,β-unsaturated/α-hetero) is 1. The maximum Gasteiger partial charge on any atom is 0.195 e. The minimum absolute atomic E-state index is 0.0487. The largest absolute Gasteiger partial charge is 0.494 e. The molecule has 1 aliphatic carbocycles. The van der Waals surface area contributed by atoms with Crippen LogP contribution in [0.25, 0.3) is 11.1 Å². The molecule has 2 aromatic carbocycles. The summed E-state index contributed by atoms with van der Waals surface area (Å²) in [5, 5.41) is 2.82. The van der Waals surface area contributed by atoms with Crippen LogP contribution in [0.3, 0.4) is 0 Å². The van der Waals surface area contributed by atoms with Crippen LogP contribution < -0.4 is 4.74 Å². The number of ketones is 1. The fourth-order valence-corrected chi connectivity index (χ4v) is 4.77. The lowest BCUT2D eigenvalue weighted by Crippen LogP contribution is -2.02. The predicted molar refractivity (Wildman–Crippen MR) is 126 cm³/mol. The van der Waals surface area contributed by atoms with Crippen LogP contribution in [0, 0.1) is 6.92 Å². The molecule has 0 saturated carbocycles. The van der Waals surface area contributed by atoms with Crippen molar-refractivity contribution in [2.24, 2.45) is 0 Å². The van der Waals surface area contributed by atoms with E-state index in [9.17, 15) is 4.79 Å². The summed E-state index contributed by atoms with van der Waals surface area (Å²) in [6.07, 6.45) is 6.67. The number of hydrogen-bond donors (Lipinski definition) is 0. The van der Waals surface area contributed by atoms with Gasteiger partial charge in [0.15, 0.2) is 5.78 Å². The molecule has 0 saturated heterocycles. The zero-order valence-electron chi connectivity index (χ0n) is 17.6. The number of thiazole rings is 1. The van der Waals surface area contributed by atoms with E-state index < -0.39 is 0 Å². The van der Waals surface area contributed by atoms with E-state index in [1.165, 1.54) is 23.2 Å². The Morgan fingerprint density at radius 2 is 1.78 bits per heavy atom. The summed E-state index contributed by atoms with van der Waals surface area (Å²) in [7, 11) is 0. The van der Waals surface area contributed by atoms with Crippen LogP contribution in [-0.4, -0.2) is 27.3 Å². The fourth-order valence-electron chi connectivity index (χ4n) is 3.91. The number of rotatable bonds is 7. The van der Waals surface area contributed by atoms with Gasteiger partial charge in [-0.1, -0.05) is 30.3 Å². The summed E-state index contributed by atoms with van der Waals surface area (Å²) < 4.78 is 5.98. The smallest absolute Gasteiger partial charge is 0.195 e. The quantitative estimate of drug-likeness (QED) is 0.360. The molecule has 4 aromatic rings. The first-order valence-corrected chi connectivity index (χ1v) is 11.4. The summed E-state index contributed by atoms with van der Waals surface area (Å²) in [6.45, 7) is 2.54. The first kappa shape index (κ1) is 20.3. The van der Waals surface area contributed by atoms with Crippen LogP contribution in [0.1, 0.15) is 44.2 Å². The second-order valence-electron chi connectivity index (χ2n) is 7.65. The van der Waals surface area contributed by atoms with Crippen molar-refractivity contribution in [1.82, 2.24) is 15.0 Å². The highest BCUT2D eigenvalue weighted by Crippen LogP contribution is 2.43. The highest BCUT2D eigenvalue weighted by Gasteiger charge is 2.33. The Hall–Kier alpha value is -3.64. The van der Waals surface area contributed by atoms with E-state index in [0.717, 1.165) is 34.7 Å². The first-order chi connectivity index (χ1) is 15.7. The minimum atomic E-state index is -0.0487. The lowest BCUT2D eigenvalue weighted by atomic mass is 10.0. The molecule has 0 bridgehead atoms. The van der Waals surface area contributed by atoms with Gasteiger partial charge < -0.3 is 4.74 Å². The molecule has 0 atom stereocenters. The highest BCUT2D eigenvalue weighted by molar-refractivity contribution is 7.11. The molecule has 5 nitrogen and oxygen atoms in total. The first-order valence-electron chi connectivity index (χ1n) is 10.5. The van der Waals surface area contributed by atoms with Gasteiger partial charge in [0.2, 0.25) is 0 Å². The molecule has 0 N–H and O–H groups in total. The molecule has 0 aliphatic heterocycles. The number of fused-ring (bicyclic) bond motifs is 1. The standard InChI is InChI=1S/C26H21N3O2S/c1-17-15-32-26(29-17)24-21-10-9-20(31-11-5-8-18-6-3-2-4-7-18)12-22(21)25(30)23(24)19-13-27-16-28-14-19/h2-4,6-7,9-10,12-16H,5,8,11H2,1H3. The van der Waals surface area contributed by atoms with Crippen LogP contribution in [0.4, 0.5) is 0 Å². The summed E-state index contributed by atoms with van der Waals surface area (Å²) in [4.78, 5) is 26.3. The molecular formula is C26H21N3O2S. The van der Waals surface area contributed by atoms with Crippen molar-refractivity contribution in [3.8, 4) is 5.75 Å². The third kappa shape index (κ3) is 3.97. The monoisotopic (exact) mass is 439 g/mol. The van der Waals surface area contributed by atoms with E-state index in [2.05, 4.69) is 27.1 Å². The van der Waals surface area contributed by atoms with Crippen molar-refractivity contribution in [2.75, 3.05) is 6.61 Å². The van der Waals surface area contributed by atoms with Gasteiger partial charge in [-0.25, -0.2) is 15.0 Å². The molecular weight excluding hydrogens is 418 g/mol. The number of aryl methyl sites for hydroxylation is 2. The van der Waals surface area contributed by atoms with Gasteiger partial charge in [0.1, 0.15) is 17.1 Å². The van der Waals surface area contributed by atoms with Gasteiger partial charge in [0.25, 0.3) is 0 Å². The van der Waals surface area contributed by atoms with Gasteiger partial charge >= 0.3 is 0 Å². The second-order valence-corrected chi connectivity index (χ2v) is 8.50. The normalized spacial score (nSPS) is 12.8. The third-order valence-electron chi connectivity index (χ3n) is 5.39. The Kier molecular flexibility index (Phi) is 5.60. The lowest BCUT2D eigenvalue weighted by Gasteiger charge is -2.09. The minimum Gasteiger partial charge on any atom is -0.494 e. The fraction of sp³-hybridized carbons (Fsp3) is 0.154. The van der Waals surface area contributed by atoms with Gasteiger partial charge in [0.05, 0.1) is 6.61 Å². The van der Waals surface area contributed by atoms with Crippen molar-refractivity contribution in [2.45, 2.75) is 19.8 Å². The predicted octanol–water partition coefficient (Wildman–Crippen LogP) is 5.41. The Bertz CT molecular complexity index is 1300. The summed E-state index contributed by atoms with van der Waals surface area (Å²) in [5.74, 6) is 0.651. The van der Waals surface area contributed by atoms with Crippen LogP contribution in [0.2, 0.25) is 0 Å². The van der Waals surface area contributed by atoms with Gasteiger partial charge in [-0.05, 0) is 49.1 Å². The third-order valence-corrected chi connectivity index (χ3v) is 6.36. The van der Waals surface area contributed by atoms with Gasteiger partial charge in [-0.15, -0.1) is 11.3 Å². The summed E-state index contributed by atoms with van der Waals surface area (Å²) in [5.41, 5.74) is 5.86. The number of nitrogens with zero attached hydrogens (tertiary/aromatic N) is 3. The maximum absolute atomic E-state index is 13.5. The molecule has 6 heteroatoms. The zero-order chi connectivity index (χ0) is 21.9. The Labute approximate surface area is 190 Å². The molecule has 5 rings (SSSR count). The Balaban J connectivity index is 1.41. The van der Waals surface area contributed by atoms with Crippen molar-refractivity contribution < 1.29 is 9.53 Å².